The van der Waals surface area contributed by atoms with Gasteiger partial charge in [0.15, 0.2) is 0 Å². The minimum Gasteiger partial charge on any atom is -0.481 e. The van der Waals surface area contributed by atoms with Crippen LogP contribution in [-0.2, 0) is 4.79 Å². The zero-order valence-corrected chi connectivity index (χ0v) is 5.76. The molecule has 3 N–H and O–H groups in total. The molecule has 0 bridgehead atoms. The molecule has 0 aromatic heterocycles. The third-order valence-electron chi connectivity index (χ3n) is 1.95. The maximum Gasteiger partial charge on any atom is 0.306 e. The van der Waals surface area contributed by atoms with Crippen molar-refractivity contribution < 1.29 is 18.7 Å². The average Bonchev–Trinajstić information content (AvgIpc) is 2.08. The zero-order valence-electron chi connectivity index (χ0n) is 5.76. The van der Waals surface area contributed by atoms with E-state index in [0.29, 0.717) is 0 Å². The van der Waals surface area contributed by atoms with Crippen molar-refractivity contribution in [3.8, 4) is 0 Å². The van der Waals surface area contributed by atoms with Crippen LogP contribution in [-0.4, -0.2) is 23.0 Å². The van der Waals surface area contributed by atoms with Crippen LogP contribution >= 0.6 is 0 Å². The van der Waals surface area contributed by atoms with E-state index in [2.05, 4.69) is 0 Å². The van der Waals surface area contributed by atoms with Crippen molar-refractivity contribution in [1.82, 2.24) is 0 Å². The number of aliphatic carboxylic acids is 1. The van der Waals surface area contributed by atoms with E-state index in [9.17, 15) is 13.6 Å². The van der Waals surface area contributed by atoms with Gasteiger partial charge in [0.2, 0.25) is 0 Å². The Morgan fingerprint density at radius 1 is 1.64 bits per heavy atom. The molecule has 1 aliphatic rings. The van der Waals surface area contributed by atoms with Crippen molar-refractivity contribution in [3.05, 3.63) is 0 Å². The van der Waals surface area contributed by atoms with E-state index in [-0.39, 0.29) is 6.42 Å². The third-order valence-corrected chi connectivity index (χ3v) is 1.95. The first-order valence-electron chi connectivity index (χ1n) is 3.29. The van der Waals surface area contributed by atoms with Crippen LogP contribution in [0.1, 0.15) is 12.8 Å². The van der Waals surface area contributed by atoms with Gasteiger partial charge in [-0.1, -0.05) is 0 Å². The molecular weight excluding hydrogens is 156 g/mol. The van der Waals surface area contributed by atoms with Gasteiger partial charge in [0, 0.05) is 6.42 Å². The minimum absolute atomic E-state index is 0.123. The van der Waals surface area contributed by atoms with Gasteiger partial charge in [0.25, 0.3) is 5.92 Å². The van der Waals surface area contributed by atoms with Crippen molar-refractivity contribution in [2.45, 2.75) is 24.8 Å². The van der Waals surface area contributed by atoms with Crippen molar-refractivity contribution >= 4 is 5.97 Å². The molecule has 3 nitrogen and oxygen atoms in total. The molecule has 64 valence electrons. The SMILES string of the molecule is N[C@@H]1CC(C(=O)O)CC1(F)F. The molecule has 0 aliphatic heterocycles. The second kappa shape index (κ2) is 2.41. The predicted octanol–water partition coefficient (Wildman–Crippen LogP) is 0.444. The first kappa shape index (κ1) is 8.39. The molecule has 0 spiro atoms. The van der Waals surface area contributed by atoms with E-state index in [4.69, 9.17) is 10.8 Å². The molecule has 1 rings (SSSR count). The number of rotatable bonds is 1. The summed E-state index contributed by atoms with van der Waals surface area (Å²) >= 11 is 0. The van der Waals surface area contributed by atoms with Gasteiger partial charge >= 0.3 is 5.97 Å². The van der Waals surface area contributed by atoms with Gasteiger partial charge in [0.05, 0.1) is 12.0 Å². The molecule has 0 aromatic rings. The highest BCUT2D eigenvalue weighted by Crippen LogP contribution is 2.37. The molecule has 0 amide bonds. The minimum atomic E-state index is -3.00. The number of nitrogens with two attached hydrogens (primary N) is 1. The van der Waals surface area contributed by atoms with Crippen molar-refractivity contribution in [3.63, 3.8) is 0 Å². The molecule has 1 saturated carbocycles. The lowest BCUT2D eigenvalue weighted by Crippen LogP contribution is -2.34. The van der Waals surface area contributed by atoms with Crippen LogP contribution in [0.2, 0.25) is 0 Å². The number of alkyl halides is 2. The van der Waals surface area contributed by atoms with Crippen LogP contribution < -0.4 is 5.73 Å². The largest absolute Gasteiger partial charge is 0.481 e. The summed E-state index contributed by atoms with van der Waals surface area (Å²) in [6.45, 7) is 0. The monoisotopic (exact) mass is 165 g/mol. The summed E-state index contributed by atoms with van der Waals surface area (Å²) in [5.41, 5.74) is 5.03. The predicted molar refractivity (Wildman–Crippen MR) is 33.3 cm³/mol. The molecule has 5 heteroatoms. The first-order chi connectivity index (χ1) is 4.93. The quantitative estimate of drug-likeness (QED) is 0.592. The molecule has 1 fully saturated rings. The smallest absolute Gasteiger partial charge is 0.306 e. The zero-order chi connectivity index (χ0) is 8.65. The molecule has 1 aliphatic carbocycles. The summed E-state index contributed by atoms with van der Waals surface area (Å²) < 4.78 is 25.1. The number of carboxylic acid groups (broad SMARTS) is 1. The Morgan fingerprint density at radius 2 is 2.18 bits per heavy atom. The van der Waals surface area contributed by atoms with E-state index in [1.165, 1.54) is 0 Å². The standard InChI is InChI=1S/C6H9F2NO2/c7-6(8)2-3(5(10)11)1-4(6)9/h3-4H,1-2,9H2,(H,10,11)/t3?,4-/m1/s1. The molecule has 0 heterocycles. The summed E-state index contributed by atoms with van der Waals surface area (Å²) in [6, 6.07) is -1.29. The number of hydrogen-bond acceptors (Lipinski definition) is 2. The molecule has 2 atom stereocenters. The van der Waals surface area contributed by atoms with Crippen molar-refractivity contribution in [2.24, 2.45) is 11.7 Å². The molecule has 0 saturated heterocycles. The maximum absolute atomic E-state index is 12.6. The van der Waals surface area contributed by atoms with Gasteiger partial charge < -0.3 is 10.8 Å². The van der Waals surface area contributed by atoms with Crippen molar-refractivity contribution in [1.29, 1.82) is 0 Å². The Hall–Kier alpha value is -0.710. The number of carbonyl (C=O) groups is 1. The summed E-state index contributed by atoms with van der Waals surface area (Å²) in [7, 11) is 0. The molecule has 0 aromatic carbocycles. The fourth-order valence-electron chi connectivity index (χ4n) is 1.23. The molecule has 0 radical (unpaired) electrons. The Morgan fingerprint density at radius 3 is 2.36 bits per heavy atom. The van der Waals surface area contributed by atoms with Crippen LogP contribution in [0.3, 0.4) is 0 Å². The van der Waals surface area contributed by atoms with Gasteiger partial charge in [-0.05, 0) is 6.42 Å². The Labute approximate surface area is 62.2 Å². The molecular formula is C6H9F2NO2. The summed E-state index contributed by atoms with van der Waals surface area (Å²) in [6.07, 6.45) is -0.744. The highest BCUT2D eigenvalue weighted by atomic mass is 19.3. The van der Waals surface area contributed by atoms with Gasteiger partial charge in [0.1, 0.15) is 0 Å². The van der Waals surface area contributed by atoms with Gasteiger partial charge in [-0.15, -0.1) is 0 Å². The Balaban J connectivity index is 2.64. The highest BCUT2D eigenvalue weighted by Gasteiger charge is 2.49. The van der Waals surface area contributed by atoms with Crippen LogP contribution in [0.15, 0.2) is 0 Å². The summed E-state index contributed by atoms with van der Waals surface area (Å²) in [5, 5.41) is 8.37. The summed E-state index contributed by atoms with van der Waals surface area (Å²) in [4.78, 5) is 10.2. The number of halogens is 2. The molecule has 1 unspecified atom stereocenters. The summed E-state index contributed by atoms with van der Waals surface area (Å²) in [5.74, 6) is -5.15. The maximum atomic E-state index is 12.6. The molecule has 11 heavy (non-hydrogen) atoms. The lowest BCUT2D eigenvalue weighted by atomic mass is 10.1. The Bertz CT molecular complexity index is 183. The van der Waals surface area contributed by atoms with Gasteiger partial charge in [-0.25, -0.2) is 8.78 Å². The lowest BCUT2D eigenvalue weighted by Gasteiger charge is -2.12. The van der Waals surface area contributed by atoms with E-state index in [1.807, 2.05) is 0 Å². The topological polar surface area (TPSA) is 63.3 Å². The number of carboxylic acids is 1. The highest BCUT2D eigenvalue weighted by molar-refractivity contribution is 5.70. The van der Waals surface area contributed by atoms with E-state index in [0.717, 1.165) is 0 Å². The van der Waals surface area contributed by atoms with Crippen LogP contribution in [0.5, 0.6) is 0 Å². The van der Waals surface area contributed by atoms with Crippen LogP contribution in [0, 0.1) is 5.92 Å². The average molecular weight is 165 g/mol. The fraction of sp³-hybridized carbons (Fsp3) is 0.833. The first-order valence-corrected chi connectivity index (χ1v) is 3.29. The van der Waals surface area contributed by atoms with E-state index in [1.54, 1.807) is 0 Å². The second-order valence-corrected chi connectivity index (χ2v) is 2.84. The normalized spacial score (nSPS) is 35.5. The third kappa shape index (κ3) is 1.48. The lowest BCUT2D eigenvalue weighted by molar-refractivity contribution is -0.142. The fourth-order valence-corrected chi connectivity index (χ4v) is 1.23. The van der Waals surface area contributed by atoms with Crippen LogP contribution in [0.4, 0.5) is 8.78 Å². The van der Waals surface area contributed by atoms with E-state index < -0.39 is 30.3 Å². The van der Waals surface area contributed by atoms with Crippen molar-refractivity contribution in [2.75, 3.05) is 0 Å². The van der Waals surface area contributed by atoms with Crippen LogP contribution in [0.25, 0.3) is 0 Å². The van der Waals surface area contributed by atoms with Gasteiger partial charge in [-0.2, -0.15) is 0 Å². The van der Waals surface area contributed by atoms with E-state index >= 15 is 0 Å². The number of hydrogen-bond donors (Lipinski definition) is 2. The Kier molecular flexibility index (Phi) is 1.83. The van der Waals surface area contributed by atoms with Gasteiger partial charge in [-0.3, -0.25) is 4.79 Å². The second-order valence-electron chi connectivity index (χ2n) is 2.84.